The molecule has 2 N–H and O–H groups in total. The third-order valence-electron chi connectivity index (χ3n) is 2.68. The van der Waals surface area contributed by atoms with Gasteiger partial charge in [0.15, 0.2) is 0 Å². The molecule has 0 radical (unpaired) electrons. The molecule has 2 aromatic rings. The highest BCUT2D eigenvalue weighted by molar-refractivity contribution is 6.31. The Morgan fingerprint density at radius 3 is 2.33 bits per heavy atom. The maximum Gasteiger partial charge on any atom is 0.433 e. The predicted octanol–water partition coefficient (Wildman–Crippen LogP) is 4.44. The fraction of sp³-hybridized carbons (Fsp3) is 0.154. The molecule has 0 bridgehead atoms. The second kappa shape index (κ2) is 6.60. The van der Waals surface area contributed by atoms with Crippen molar-refractivity contribution >= 4 is 24.0 Å². The van der Waals surface area contributed by atoms with Gasteiger partial charge in [-0.15, -0.1) is 12.4 Å². The van der Waals surface area contributed by atoms with Gasteiger partial charge in [-0.05, 0) is 29.8 Å². The minimum Gasteiger partial charge on any atom is -0.326 e. The van der Waals surface area contributed by atoms with Crippen molar-refractivity contribution in [2.45, 2.75) is 12.7 Å². The van der Waals surface area contributed by atoms with Crippen LogP contribution in [0.5, 0.6) is 0 Å². The summed E-state index contributed by atoms with van der Waals surface area (Å²) < 4.78 is 51.2. The third kappa shape index (κ3) is 3.84. The van der Waals surface area contributed by atoms with Crippen LogP contribution in [0.2, 0.25) is 5.02 Å². The number of nitrogens with two attached hydrogens (primary N) is 1. The number of alkyl halides is 3. The Morgan fingerprint density at radius 2 is 1.81 bits per heavy atom. The van der Waals surface area contributed by atoms with Gasteiger partial charge in [-0.3, -0.25) is 0 Å². The Morgan fingerprint density at radius 1 is 1.14 bits per heavy atom. The first kappa shape index (κ1) is 17.7. The number of rotatable bonds is 2. The number of halogens is 6. The van der Waals surface area contributed by atoms with Crippen LogP contribution in [0.15, 0.2) is 30.3 Å². The Hall–Kier alpha value is -1.37. The zero-order valence-electron chi connectivity index (χ0n) is 10.4. The lowest BCUT2D eigenvalue weighted by Crippen LogP contribution is -2.11. The molecule has 114 valence electrons. The number of hydrogen-bond donors (Lipinski definition) is 1. The van der Waals surface area contributed by atoms with Gasteiger partial charge in [0.25, 0.3) is 0 Å². The lowest BCUT2D eigenvalue weighted by molar-refractivity contribution is -0.141. The van der Waals surface area contributed by atoms with E-state index in [1.165, 1.54) is 18.2 Å². The van der Waals surface area contributed by atoms with Crippen molar-refractivity contribution in [2.75, 3.05) is 0 Å². The lowest BCUT2D eigenvalue weighted by atomic mass is 10.0. The summed E-state index contributed by atoms with van der Waals surface area (Å²) in [4.78, 5) is 3.57. The minimum absolute atomic E-state index is 0. The van der Waals surface area contributed by atoms with Gasteiger partial charge in [-0.2, -0.15) is 13.2 Å². The summed E-state index contributed by atoms with van der Waals surface area (Å²) >= 11 is 5.63. The lowest BCUT2D eigenvalue weighted by Gasteiger charge is -2.12. The number of aromatic nitrogens is 1. The molecule has 0 atom stereocenters. The normalized spacial score (nSPS) is 11.1. The number of nitrogens with zero attached hydrogens (tertiary/aromatic N) is 1. The molecule has 0 aliphatic rings. The molecule has 0 aliphatic heterocycles. The van der Waals surface area contributed by atoms with E-state index < -0.39 is 17.7 Å². The minimum atomic E-state index is -4.56. The zero-order chi connectivity index (χ0) is 14.9. The van der Waals surface area contributed by atoms with E-state index in [9.17, 15) is 17.6 Å². The highest BCUT2D eigenvalue weighted by Crippen LogP contribution is 2.32. The van der Waals surface area contributed by atoms with Gasteiger partial charge in [0, 0.05) is 12.1 Å². The van der Waals surface area contributed by atoms with E-state index >= 15 is 0 Å². The smallest absolute Gasteiger partial charge is 0.326 e. The van der Waals surface area contributed by atoms with Crippen molar-refractivity contribution in [1.29, 1.82) is 0 Å². The van der Waals surface area contributed by atoms with Crippen LogP contribution in [-0.4, -0.2) is 4.98 Å². The van der Waals surface area contributed by atoms with E-state index in [1.807, 2.05) is 0 Å². The summed E-state index contributed by atoms with van der Waals surface area (Å²) in [5.74, 6) is -0.656. The van der Waals surface area contributed by atoms with Crippen LogP contribution in [0, 0.1) is 5.82 Å². The van der Waals surface area contributed by atoms with E-state index in [4.69, 9.17) is 17.3 Å². The van der Waals surface area contributed by atoms with Crippen molar-refractivity contribution < 1.29 is 17.6 Å². The molecule has 0 amide bonds. The average Bonchev–Trinajstić information content (AvgIpc) is 2.40. The largest absolute Gasteiger partial charge is 0.433 e. The van der Waals surface area contributed by atoms with Crippen LogP contribution < -0.4 is 5.73 Å². The first-order valence-corrected chi connectivity index (χ1v) is 5.93. The molecule has 0 saturated heterocycles. The average molecular weight is 341 g/mol. The first-order valence-electron chi connectivity index (χ1n) is 5.55. The molecule has 1 aromatic heterocycles. The molecule has 21 heavy (non-hydrogen) atoms. The van der Waals surface area contributed by atoms with E-state index in [0.29, 0.717) is 5.56 Å². The van der Waals surface area contributed by atoms with Gasteiger partial charge in [0.05, 0.1) is 10.7 Å². The van der Waals surface area contributed by atoms with Crippen LogP contribution in [0.4, 0.5) is 17.6 Å². The summed E-state index contributed by atoms with van der Waals surface area (Å²) in [6, 6.07) is 5.71. The van der Waals surface area contributed by atoms with Crippen molar-refractivity contribution in [3.8, 4) is 11.3 Å². The first-order chi connectivity index (χ1) is 9.32. The second-order valence-electron chi connectivity index (χ2n) is 4.03. The topological polar surface area (TPSA) is 38.9 Å². The SMILES string of the molecule is Cl.NCc1ccc(C(F)(F)F)nc1-c1ccc(F)c(Cl)c1. The highest BCUT2D eigenvalue weighted by atomic mass is 35.5. The van der Waals surface area contributed by atoms with Gasteiger partial charge in [-0.25, -0.2) is 9.37 Å². The van der Waals surface area contributed by atoms with Crippen LogP contribution in [0.25, 0.3) is 11.3 Å². The standard InChI is InChI=1S/C13H9ClF4N2.ClH/c14-9-5-7(1-3-10(9)15)12-8(6-19)2-4-11(20-12)13(16,17)18;/h1-5H,6,19H2;1H. The Kier molecular flexibility index (Phi) is 5.55. The molecule has 1 heterocycles. The van der Waals surface area contributed by atoms with E-state index in [2.05, 4.69) is 4.98 Å². The van der Waals surface area contributed by atoms with Gasteiger partial charge in [0.2, 0.25) is 0 Å². The molecule has 0 aliphatic carbocycles. The molecular formula is C13H10Cl2F4N2. The molecule has 1 aromatic carbocycles. The molecule has 0 saturated carbocycles. The van der Waals surface area contributed by atoms with Gasteiger partial charge in [-0.1, -0.05) is 17.7 Å². The summed E-state index contributed by atoms with van der Waals surface area (Å²) in [5.41, 5.74) is 5.19. The van der Waals surface area contributed by atoms with Crippen molar-refractivity contribution in [1.82, 2.24) is 4.98 Å². The van der Waals surface area contributed by atoms with E-state index in [1.54, 1.807) is 0 Å². The molecule has 2 rings (SSSR count). The molecule has 0 spiro atoms. The Bertz CT molecular complexity index is 645. The van der Waals surface area contributed by atoms with Crippen LogP contribution in [0.1, 0.15) is 11.3 Å². The fourth-order valence-electron chi connectivity index (χ4n) is 1.70. The molecule has 8 heteroatoms. The van der Waals surface area contributed by atoms with Gasteiger partial charge < -0.3 is 5.73 Å². The van der Waals surface area contributed by atoms with E-state index in [0.717, 1.165) is 12.1 Å². The van der Waals surface area contributed by atoms with Crippen molar-refractivity contribution in [3.63, 3.8) is 0 Å². The van der Waals surface area contributed by atoms with Crippen LogP contribution in [-0.2, 0) is 12.7 Å². The Labute approximate surface area is 129 Å². The van der Waals surface area contributed by atoms with Gasteiger partial charge >= 0.3 is 6.18 Å². The summed E-state index contributed by atoms with van der Waals surface area (Å²) in [7, 11) is 0. The number of hydrogen-bond acceptors (Lipinski definition) is 2. The fourth-order valence-corrected chi connectivity index (χ4v) is 1.88. The maximum absolute atomic E-state index is 13.1. The molecule has 0 unspecified atom stereocenters. The van der Waals surface area contributed by atoms with Crippen LogP contribution >= 0.6 is 24.0 Å². The van der Waals surface area contributed by atoms with E-state index in [-0.39, 0.29) is 35.2 Å². The van der Waals surface area contributed by atoms with Crippen molar-refractivity contribution in [2.24, 2.45) is 5.73 Å². The van der Waals surface area contributed by atoms with Gasteiger partial charge in [0.1, 0.15) is 11.5 Å². The van der Waals surface area contributed by atoms with Crippen molar-refractivity contribution in [3.05, 3.63) is 52.4 Å². The predicted molar refractivity (Wildman–Crippen MR) is 74.8 cm³/mol. The summed E-state index contributed by atoms with van der Waals surface area (Å²) in [6.07, 6.45) is -4.56. The Balaban J connectivity index is 0.00000220. The summed E-state index contributed by atoms with van der Waals surface area (Å²) in [6.45, 7) is 0.00939. The number of benzene rings is 1. The van der Waals surface area contributed by atoms with Crippen LogP contribution in [0.3, 0.4) is 0 Å². The maximum atomic E-state index is 13.1. The molecular weight excluding hydrogens is 331 g/mol. The zero-order valence-corrected chi connectivity index (χ0v) is 12.0. The third-order valence-corrected chi connectivity index (χ3v) is 2.97. The second-order valence-corrected chi connectivity index (χ2v) is 4.44. The monoisotopic (exact) mass is 340 g/mol. The molecule has 0 fully saturated rings. The quantitative estimate of drug-likeness (QED) is 0.821. The highest BCUT2D eigenvalue weighted by Gasteiger charge is 2.33. The number of pyridine rings is 1. The molecule has 2 nitrogen and oxygen atoms in total. The summed E-state index contributed by atoms with van der Waals surface area (Å²) in [5, 5.41) is -0.190.